The van der Waals surface area contributed by atoms with Crippen molar-refractivity contribution in [2.24, 2.45) is 5.92 Å². The molecular weight excluding hydrogens is 366 g/mol. The van der Waals surface area contributed by atoms with Crippen molar-refractivity contribution in [1.29, 1.82) is 0 Å². The Kier molecular flexibility index (Phi) is 7.65. The Morgan fingerprint density at radius 3 is 2.78 bits per heavy atom. The number of nitrogens with one attached hydrogen (secondary N) is 2. The quantitative estimate of drug-likeness (QED) is 0.791. The third-order valence-corrected chi connectivity index (χ3v) is 5.51. The number of hydrogen-bond donors (Lipinski definition) is 2. The van der Waals surface area contributed by atoms with E-state index in [1.165, 1.54) is 0 Å². The van der Waals surface area contributed by atoms with E-state index >= 15 is 0 Å². The lowest BCUT2D eigenvalue weighted by atomic mass is 9.96. The lowest BCUT2D eigenvalue weighted by Crippen LogP contribution is -2.46. The lowest BCUT2D eigenvalue weighted by molar-refractivity contribution is -0.123. The van der Waals surface area contributed by atoms with Crippen LogP contribution < -0.4 is 10.6 Å². The molecule has 8 heteroatoms. The van der Waals surface area contributed by atoms with Gasteiger partial charge in [0.05, 0.1) is 12.1 Å². The first-order chi connectivity index (χ1) is 12.3. The first kappa shape index (κ1) is 22.1. The Hall–Kier alpha value is -1.18. The van der Waals surface area contributed by atoms with Crippen molar-refractivity contribution in [3.05, 3.63) is 11.7 Å². The fourth-order valence-corrected chi connectivity index (χ4v) is 3.76. The molecule has 7 nitrogen and oxygen atoms in total. The molecule has 154 valence electrons. The molecule has 0 spiro atoms. The molecule has 3 heterocycles. The Balaban J connectivity index is 0.00000261. The summed E-state index contributed by atoms with van der Waals surface area (Å²) in [6, 6.07) is 0.108. The average molecular weight is 400 g/mol. The van der Waals surface area contributed by atoms with Crippen LogP contribution in [0.2, 0.25) is 0 Å². The fourth-order valence-electron chi connectivity index (χ4n) is 3.76. The van der Waals surface area contributed by atoms with E-state index in [0.717, 1.165) is 57.7 Å². The molecule has 3 atom stereocenters. The van der Waals surface area contributed by atoms with Gasteiger partial charge in [-0.2, -0.15) is 4.98 Å². The topological polar surface area (TPSA) is 83.3 Å². The SMILES string of the molecule is CC(c1nc(C(C)(C)C)no1)N1CCCC(CNC(=O)C2CCCN2)C1.Cl. The molecule has 0 saturated carbocycles. The van der Waals surface area contributed by atoms with Crippen molar-refractivity contribution in [2.75, 3.05) is 26.2 Å². The second-order valence-corrected chi connectivity index (χ2v) is 8.78. The zero-order chi connectivity index (χ0) is 18.7. The van der Waals surface area contributed by atoms with Gasteiger partial charge in [-0.05, 0) is 51.6 Å². The number of amides is 1. The molecule has 2 aliphatic rings. The molecule has 0 aliphatic carbocycles. The predicted octanol–water partition coefficient (Wildman–Crippen LogP) is 2.43. The molecule has 0 bridgehead atoms. The van der Waals surface area contributed by atoms with Crippen molar-refractivity contribution in [1.82, 2.24) is 25.7 Å². The summed E-state index contributed by atoms with van der Waals surface area (Å²) in [4.78, 5) is 19.2. The normalized spacial score (nSPS) is 25.0. The molecule has 2 aliphatic heterocycles. The van der Waals surface area contributed by atoms with Gasteiger partial charge in [0.1, 0.15) is 0 Å². The maximum atomic E-state index is 12.2. The molecule has 27 heavy (non-hydrogen) atoms. The monoisotopic (exact) mass is 399 g/mol. The highest BCUT2D eigenvalue weighted by Crippen LogP contribution is 2.27. The molecule has 1 amide bonds. The minimum Gasteiger partial charge on any atom is -0.354 e. The highest BCUT2D eigenvalue weighted by atomic mass is 35.5. The minimum atomic E-state index is -0.107. The smallest absolute Gasteiger partial charge is 0.243 e. The fraction of sp³-hybridized carbons (Fsp3) is 0.842. The summed E-state index contributed by atoms with van der Waals surface area (Å²) < 4.78 is 5.53. The van der Waals surface area contributed by atoms with Crippen molar-refractivity contribution in [2.45, 2.75) is 70.9 Å². The van der Waals surface area contributed by atoms with Crippen LogP contribution in [-0.4, -0.2) is 53.2 Å². The van der Waals surface area contributed by atoms with Crippen molar-refractivity contribution >= 4 is 18.3 Å². The average Bonchev–Trinajstić information content (AvgIpc) is 3.30. The van der Waals surface area contributed by atoms with Crippen LogP contribution in [0.5, 0.6) is 0 Å². The van der Waals surface area contributed by atoms with E-state index in [1.54, 1.807) is 0 Å². The van der Waals surface area contributed by atoms with Crippen molar-refractivity contribution < 1.29 is 9.32 Å². The number of piperidine rings is 1. The number of likely N-dealkylation sites (tertiary alicyclic amines) is 1. The van der Waals surface area contributed by atoms with Gasteiger partial charge in [-0.25, -0.2) is 0 Å². The highest BCUT2D eigenvalue weighted by molar-refractivity contribution is 5.85. The number of halogens is 1. The van der Waals surface area contributed by atoms with E-state index in [2.05, 4.69) is 53.4 Å². The summed E-state index contributed by atoms with van der Waals surface area (Å²) in [7, 11) is 0. The number of rotatable bonds is 5. The number of aromatic nitrogens is 2. The minimum absolute atomic E-state index is 0. The second kappa shape index (κ2) is 9.34. The van der Waals surface area contributed by atoms with E-state index in [-0.39, 0.29) is 35.8 Å². The first-order valence-corrected chi connectivity index (χ1v) is 9.94. The highest BCUT2D eigenvalue weighted by Gasteiger charge is 2.30. The van der Waals surface area contributed by atoms with Crippen LogP contribution >= 0.6 is 12.4 Å². The Morgan fingerprint density at radius 2 is 2.15 bits per heavy atom. The van der Waals surface area contributed by atoms with Crippen LogP contribution in [0.25, 0.3) is 0 Å². The lowest BCUT2D eigenvalue weighted by Gasteiger charge is -2.35. The summed E-state index contributed by atoms with van der Waals surface area (Å²) in [5.41, 5.74) is -0.107. The summed E-state index contributed by atoms with van der Waals surface area (Å²) in [5.74, 6) is 2.07. The van der Waals surface area contributed by atoms with Gasteiger partial charge >= 0.3 is 0 Å². The van der Waals surface area contributed by atoms with Gasteiger partial charge in [-0.15, -0.1) is 12.4 Å². The van der Waals surface area contributed by atoms with Crippen LogP contribution in [-0.2, 0) is 10.2 Å². The third-order valence-electron chi connectivity index (χ3n) is 5.51. The Morgan fingerprint density at radius 1 is 1.37 bits per heavy atom. The van der Waals surface area contributed by atoms with Gasteiger partial charge in [-0.3, -0.25) is 9.69 Å². The van der Waals surface area contributed by atoms with Crippen molar-refractivity contribution in [3.8, 4) is 0 Å². The van der Waals surface area contributed by atoms with Gasteiger partial charge in [0.25, 0.3) is 0 Å². The van der Waals surface area contributed by atoms with Gasteiger partial charge in [-0.1, -0.05) is 25.9 Å². The Bertz CT molecular complexity index is 609. The van der Waals surface area contributed by atoms with E-state index in [9.17, 15) is 4.79 Å². The van der Waals surface area contributed by atoms with E-state index in [1.807, 2.05) is 0 Å². The summed E-state index contributed by atoms with van der Waals surface area (Å²) in [6.07, 6.45) is 4.33. The van der Waals surface area contributed by atoms with Gasteiger partial charge in [0, 0.05) is 18.5 Å². The molecule has 2 fully saturated rings. The number of carbonyl (C=O) groups is 1. The van der Waals surface area contributed by atoms with E-state index in [0.29, 0.717) is 11.8 Å². The van der Waals surface area contributed by atoms with Crippen LogP contribution in [0.1, 0.15) is 71.1 Å². The molecule has 2 saturated heterocycles. The summed E-state index contributed by atoms with van der Waals surface area (Å²) in [6.45, 7) is 12.1. The molecular formula is C19H34ClN5O2. The largest absolute Gasteiger partial charge is 0.354 e. The third kappa shape index (κ3) is 5.65. The summed E-state index contributed by atoms with van der Waals surface area (Å²) >= 11 is 0. The molecule has 1 aromatic heterocycles. The van der Waals surface area contributed by atoms with Crippen molar-refractivity contribution in [3.63, 3.8) is 0 Å². The van der Waals surface area contributed by atoms with Gasteiger partial charge < -0.3 is 15.2 Å². The van der Waals surface area contributed by atoms with E-state index in [4.69, 9.17) is 4.52 Å². The maximum absolute atomic E-state index is 12.2. The van der Waals surface area contributed by atoms with E-state index < -0.39 is 0 Å². The standard InChI is InChI=1S/C19H33N5O2.ClH/c1-13(17-22-18(23-26-17)19(2,3)4)24-10-6-7-14(12-24)11-21-16(25)15-8-5-9-20-15;/h13-15,20H,5-12H2,1-4H3,(H,21,25);1H. The predicted molar refractivity (Wildman–Crippen MR) is 107 cm³/mol. The second-order valence-electron chi connectivity index (χ2n) is 8.78. The van der Waals surface area contributed by atoms with Gasteiger partial charge in [0.2, 0.25) is 11.8 Å². The molecule has 1 aromatic rings. The maximum Gasteiger partial charge on any atom is 0.243 e. The van der Waals surface area contributed by atoms with Crippen LogP contribution in [0.3, 0.4) is 0 Å². The molecule has 2 N–H and O–H groups in total. The number of nitrogens with zero attached hydrogens (tertiary/aromatic N) is 3. The van der Waals surface area contributed by atoms with Gasteiger partial charge in [0.15, 0.2) is 5.82 Å². The van der Waals surface area contributed by atoms with Crippen LogP contribution in [0.15, 0.2) is 4.52 Å². The number of hydrogen-bond acceptors (Lipinski definition) is 6. The zero-order valence-corrected chi connectivity index (χ0v) is 17.8. The Labute approximate surface area is 168 Å². The van der Waals surface area contributed by atoms with Crippen LogP contribution in [0.4, 0.5) is 0 Å². The molecule has 0 aromatic carbocycles. The molecule has 0 radical (unpaired) electrons. The number of carbonyl (C=O) groups excluding carboxylic acids is 1. The summed E-state index contributed by atoms with van der Waals surface area (Å²) in [5, 5.41) is 10.5. The first-order valence-electron chi connectivity index (χ1n) is 9.94. The molecule has 3 unspecified atom stereocenters. The van der Waals surface area contributed by atoms with Crippen LogP contribution in [0, 0.1) is 5.92 Å². The zero-order valence-electron chi connectivity index (χ0n) is 17.0. The molecule has 3 rings (SSSR count).